The number of benzene rings is 1. The predicted molar refractivity (Wildman–Crippen MR) is 109 cm³/mol. The molecular weight excluding hydrogens is 396 g/mol. The van der Waals surface area contributed by atoms with Crippen molar-refractivity contribution in [3.63, 3.8) is 0 Å². The van der Waals surface area contributed by atoms with Gasteiger partial charge in [0.1, 0.15) is 5.00 Å². The zero-order chi connectivity index (χ0) is 20.1. The number of carbonyl (C=O) groups excluding carboxylic acids is 2. The van der Waals surface area contributed by atoms with Gasteiger partial charge in [-0.3, -0.25) is 4.79 Å². The van der Waals surface area contributed by atoms with E-state index >= 15 is 0 Å². The number of aryl methyl sites for hydroxylation is 1. The first-order valence-electron chi connectivity index (χ1n) is 8.71. The third-order valence-electron chi connectivity index (χ3n) is 4.02. The summed E-state index contributed by atoms with van der Waals surface area (Å²) >= 11 is 2.69. The van der Waals surface area contributed by atoms with E-state index in [4.69, 9.17) is 4.74 Å². The molecule has 0 atom stereocenters. The molecule has 146 valence electrons. The average molecular weight is 418 g/mol. The Kier molecular flexibility index (Phi) is 6.48. The summed E-state index contributed by atoms with van der Waals surface area (Å²) in [6.07, 6.45) is 1.58. The number of ether oxygens (including phenoxy) is 1. The van der Waals surface area contributed by atoms with Crippen LogP contribution in [0, 0.1) is 13.8 Å². The molecule has 1 aromatic carbocycles. The summed E-state index contributed by atoms with van der Waals surface area (Å²) in [5, 5.41) is 7.08. The van der Waals surface area contributed by atoms with Crippen molar-refractivity contribution >= 4 is 40.0 Å². The van der Waals surface area contributed by atoms with Crippen LogP contribution in [0.1, 0.15) is 27.7 Å². The van der Waals surface area contributed by atoms with Gasteiger partial charge in [0.25, 0.3) is 0 Å². The molecule has 0 saturated heterocycles. The average Bonchev–Trinajstić information content (AvgIpc) is 3.26. The van der Waals surface area contributed by atoms with Crippen LogP contribution in [0.5, 0.6) is 0 Å². The minimum Gasteiger partial charge on any atom is -0.462 e. The fourth-order valence-corrected chi connectivity index (χ4v) is 4.39. The van der Waals surface area contributed by atoms with Gasteiger partial charge in [0.15, 0.2) is 5.69 Å². The fourth-order valence-electron chi connectivity index (χ4n) is 2.58. The molecule has 0 aliphatic rings. The lowest BCUT2D eigenvalue weighted by atomic mass is 10.1. The molecule has 0 radical (unpaired) electrons. The van der Waals surface area contributed by atoms with Crippen LogP contribution in [-0.4, -0.2) is 34.3 Å². The molecule has 0 unspecified atom stereocenters. The maximum atomic E-state index is 12.5. The molecule has 2 heterocycles. The maximum absolute atomic E-state index is 12.5. The van der Waals surface area contributed by atoms with E-state index < -0.39 is 5.97 Å². The van der Waals surface area contributed by atoms with Gasteiger partial charge in [-0.25, -0.2) is 4.79 Å². The lowest BCUT2D eigenvalue weighted by Crippen LogP contribution is -2.35. The molecule has 3 rings (SSSR count). The summed E-state index contributed by atoms with van der Waals surface area (Å²) < 4.78 is 6.93. The number of aromatic amines is 1. The maximum Gasteiger partial charge on any atom is 0.385 e. The zero-order valence-corrected chi connectivity index (χ0v) is 17.4. The van der Waals surface area contributed by atoms with Crippen LogP contribution in [0.4, 0.5) is 5.00 Å². The number of hydrogen-bond donors (Lipinski definition) is 2. The van der Waals surface area contributed by atoms with E-state index in [1.165, 1.54) is 23.1 Å². The molecule has 28 heavy (non-hydrogen) atoms. The molecule has 2 aromatic heterocycles. The second kappa shape index (κ2) is 9.03. The van der Waals surface area contributed by atoms with E-state index in [1.807, 2.05) is 44.2 Å². The van der Waals surface area contributed by atoms with Crippen LogP contribution in [0.15, 0.2) is 41.8 Å². The summed E-state index contributed by atoms with van der Waals surface area (Å²) in [5.41, 5.74) is 2.19. The minimum absolute atomic E-state index is 0.163. The number of nitrogens with one attached hydrogen (secondary N) is 2. The van der Waals surface area contributed by atoms with Crippen molar-refractivity contribution in [3.8, 4) is 5.69 Å². The van der Waals surface area contributed by atoms with Gasteiger partial charge in [0.05, 0.1) is 17.9 Å². The number of aromatic nitrogens is 3. The molecular formula is C19H21N4O3S2+. The lowest BCUT2D eigenvalue weighted by Gasteiger charge is -2.06. The van der Waals surface area contributed by atoms with Gasteiger partial charge in [0, 0.05) is 4.88 Å². The number of H-pyrrole nitrogens is 1. The Morgan fingerprint density at radius 3 is 2.75 bits per heavy atom. The Labute approximate surface area is 171 Å². The molecule has 7 nitrogen and oxygen atoms in total. The second-order valence-electron chi connectivity index (χ2n) is 5.89. The standard InChI is InChI=1S/C19H20N4O3S2/c1-4-26-18(25)16-12(2)13(3)28-17(16)22-15(24)10-27-19-20-11-21-23(19)14-8-6-5-7-9-14/h5-9,11H,4,10H2,1-3H3,(H,22,24,25)/p+1. The number of thioether (sulfide) groups is 1. The number of carbonyl (C=O) groups is 2. The summed E-state index contributed by atoms with van der Waals surface area (Å²) in [6.45, 7) is 5.82. The molecule has 1 amide bonds. The van der Waals surface area contributed by atoms with Crippen LogP contribution in [0.2, 0.25) is 0 Å². The lowest BCUT2D eigenvalue weighted by molar-refractivity contribution is -0.694. The van der Waals surface area contributed by atoms with E-state index in [0.717, 1.165) is 16.1 Å². The quantitative estimate of drug-likeness (QED) is 0.350. The van der Waals surface area contributed by atoms with E-state index in [1.54, 1.807) is 17.9 Å². The number of para-hydroxylation sites is 1. The van der Waals surface area contributed by atoms with Crippen molar-refractivity contribution in [2.75, 3.05) is 17.7 Å². The summed E-state index contributed by atoms with van der Waals surface area (Å²) in [7, 11) is 0. The Hall–Kier alpha value is -2.65. The molecule has 9 heteroatoms. The molecule has 0 aliphatic carbocycles. The predicted octanol–water partition coefficient (Wildman–Crippen LogP) is 3.27. The van der Waals surface area contributed by atoms with Gasteiger partial charge in [-0.15, -0.1) is 16.0 Å². The Balaban J connectivity index is 1.69. The van der Waals surface area contributed by atoms with Crippen molar-refractivity contribution in [2.45, 2.75) is 25.9 Å². The van der Waals surface area contributed by atoms with Gasteiger partial charge in [-0.2, -0.15) is 5.10 Å². The molecule has 2 N–H and O–H groups in total. The molecule has 0 bridgehead atoms. The van der Waals surface area contributed by atoms with Gasteiger partial charge in [0.2, 0.25) is 12.2 Å². The van der Waals surface area contributed by atoms with Crippen molar-refractivity contribution < 1.29 is 19.0 Å². The molecule has 0 saturated carbocycles. The highest BCUT2D eigenvalue weighted by Crippen LogP contribution is 2.33. The second-order valence-corrected chi connectivity index (χ2v) is 8.05. The number of nitrogens with zero attached hydrogens (tertiary/aromatic N) is 2. The van der Waals surface area contributed by atoms with Crippen LogP contribution in [0.3, 0.4) is 0 Å². The van der Waals surface area contributed by atoms with Gasteiger partial charge in [-0.05, 0) is 55.2 Å². The summed E-state index contributed by atoms with van der Waals surface area (Å²) in [5.74, 6) is -0.461. The third kappa shape index (κ3) is 4.42. The molecule has 3 aromatic rings. The molecule has 0 spiro atoms. The number of rotatable bonds is 7. The zero-order valence-electron chi connectivity index (χ0n) is 15.8. The Morgan fingerprint density at radius 2 is 2.04 bits per heavy atom. The number of esters is 1. The van der Waals surface area contributed by atoms with Gasteiger partial charge < -0.3 is 10.1 Å². The van der Waals surface area contributed by atoms with Gasteiger partial charge >= 0.3 is 11.1 Å². The fraction of sp³-hybridized carbons (Fsp3) is 0.263. The van der Waals surface area contributed by atoms with E-state index in [2.05, 4.69) is 15.4 Å². The Bertz CT molecular complexity index is 982. The van der Waals surface area contributed by atoms with E-state index in [9.17, 15) is 9.59 Å². The minimum atomic E-state index is -0.415. The van der Waals surface area contributed by atoms with Crippen molar-refractivity contribution in [3.05, 3.63) is 52.7 Å². The highest BCUT2D eigenvalue weighted by atomic mass is 32.2. The van der Waals surface area contributed by atoms with Crippen LogP contribution in [0.25, 0.3) is 5.69 Å². The first-order valence-corrected chi connectivity index (χ1v) is 10.5. The normalized spacial score (nSPS) is 10.7. The number of anilines is 1. The largest absolute Gasteiger partial charge is 0.462 e. The summed E-state index contributed by atoms with van der Waals surface area (Å²) in [6, 6.07) is 9.70. The van der Waals surface area contributed by atoms with Crippen LogP contribution in [-0.2, 0) is 9.53 Å². The van der Waals surface area contributed by atoms with Crippen molar-refractivity contribution in [2.24, 2.45) is 0 Å². The monoisotopic (exact) mass is 417 g/mol. The molecule has 0 aliphatic heterocycles. The van der Waals surface area contributed by atoms with Gasteiger partial charge in [-0.1, -0.05) is 18.2 Å². The van der Waals surface area contributed by atoms with E-state index in [0.29, 0.717) is 15.7 Å². The smallest absolute Gasteiger partial charge is 0.385 e. The summed E-state index contributed by atoms with van der Waals surface area (Å²) in [4.78, 5) is 30.0. The first-order chi connectivity index (χ1) is 13.5. The number of thiophene rings is 1. The van der Waals surface area contributed by atoms with E-state index in [-0.39, 0.29) is 18.3 Å². The van der Waals surface area contributed by atoms with Crippen LogP contribution < -0.4 is 10.00 Å². The topological polar surface area (TPSA) is 88.0 Å². The third-order valence-corrected chi connectivity index (χ3v) is 6.09. The highest BCUT2D eigenvalue weighted by molar-refractivity contribution is 7.99. The number of amides is 1. The van der Waals surface area contributed by atoms with Crippen molar-refractivity contribution in [1.29, 1.82) is 0 Å². The van der Waals surface area contributed by atoms with Crippen LogP contribution >= 0.6 is 23.1 Å². The number of hydrogen-bond acceptors (Lipinski definition) is 6. The highest BCUT2D eigenvalue weighted by Gasteiger charge is 2.23. The first kappa shape index (κ1) is 20.1. The SMILES string of the molecule is CCOC(=O)c1c(NC(=O)CSc2nc[nH][n+]2-c2ccccc2)sc(C)c1C. The van der Waals surface area contributed by atoms with Crippen molar-refractivity contribution in [1.82, 2.24) is 10.1 Å². The Morgan fingerprint density at radius 1 is 1.29 bits per heavy atom. The molecule has 0 fully saturated rings.